The summed E-state index contributed by atoms with van der Waals surface area (Å²) in [6, 6.07) is 29.8. The van der Waals surface area contributed by atoms with Gasteiger partial charge in [-0.15, -0.1) is 4.67 Å². The van der Waals surface area contributed by atoms with E-state index in [4.69, 9.17) is 28.2 Å². The fourth-order valence-electron chi connectivity index (χ4n) is 7.45. The molecule has 1 aromatic heterocycles. The van der Waals surface area contributed by atoms with Crippen molar-refractivity contribution in [1.29, 1.82) is 10.5 Å². The van der Waals surface area contributed by atoms with Gasteiger partial charge in [-0.2, -0.15) is 15.0 Å². The fraction of sp³-hybridized carbons (Fsp3) is 0.429. The van der Waals surface area contributed by atoms with E-state index in [1.807, 2.05) is 111 Å². The van der Waals surface area contributed by atoms with Gasteiger partial charge < -0.3 is 23.7 Å². The minimum Gasteiger partial charge on any atom is -0.497 e. The van der Waals surface area contributed by atoms with Crippen LogP contribution in [0.25, 0.3) is 0 Å². The zero-order valence-corrected chi connectivity index (χ0v) is 34.0. The summed E-state index contributed by atoms with van der Waals surface area (Å²) in [7, 11) is -0.421. The molecule has 0 saturated carbocycles. The summed E-state index contributed by atoms with van der Waals surface area (Å²) in [5.74, 6) is 1.30. The lowest BCUT2D eigenvalue weighted by atomic mass is 9.80. The average Bonchev–Trinajstić information content (AvgIpc) is 3.53. The van der Waals surface area contributed by atoms with E-state index in [-0.39, 0.29) is 44.3 Å². The number of rotatable bonds is 19. The molecule has 5 rings (SSSR count). The number of H-pyrrole nitrogens is 1. The van der Waals surface area contributed by atoms with Gasteiger partial charge in [0.25, 0.3) is 5.56 Å². The molecule has 0 amide bonds. The van der Waals surface area contributed by atoms with Gasteiger partial charge in [-0.1, -0.05) is 54.6 Å². The van der Waals surface area contributed by atoms with Crippen molar-refractivity contribution in [1.82, 2.24) is 14.2 Å². The first-order chi connectivity index (χ1) is 27.4. The summed E-state index contributed by atoms with van der Waals surface area (Å²) in [5.41, 5.74) is -0.321. The number of hydrogen-bond acceptors (Lipinski definition) is 12. The Morgan fingerprint density at radius 2 is 1.40 bits per heavy atom. The van der Waals surface area contributed by atoms with Crippen LogP contribution in [0.5, 0.6) is 11.5 Å². The summed E-state index contributed by atoms with van der Waals surface area (Å²) >= 11 is 0. The summed E-state index contributed by atoms with van der Waals surface area (Å²) in [6.45, 7) is 7.53. The Kier molecular flexibility index (Phi) is 14.8. The first kappa shape index (κ1) is 43.2. The maximum atomic E-state index is 13.3. The molecule has 0 aliphatic carbocycles. The lowest BCUT2D eigenvalue weighted by Gasteiger charge is -2.39. The summed E-state index contributed by atoms with van der Waals surface area (Å²) in [4.78, 5) is 40.4. The van der Waals surface area contributed by atoms with E-state index >= 15 is 0 Å². The van der Waals surface area contributed by atoms with Crippen molar-refractivity contribution in [3.05, 3.63) is 129 Å². The Morgan fingerprint density at radius 3 is 1.91 bits per heavy atom. The van der Waals surface area contributed by atoms with Crippen LogP contribution in [-0.2, 0) is 24.3 Å². The third-order valence-corrected chi connectivity index (χ3v) is 12.8. The Hall–Kier alpha value is -4.89. The molecule has 1 fully saturated rings. The molecule has 5 atom stereocenters. The van der Waals surface area contributed by atoms with Crippen molar-refractivity contribution in [3.63, 3.8) is 0 Å². The Balaban J connectivity index is 1.70. The SMILES string of the molecule is COc1ccc(C(OC[C@H]2O[C@@H](n3ccc(=O)[nH]c3=O)[C@H](OCCC#N)[C@@H]2O[P+](O)(CCC#N)N(C(C)C)C(C)C)(c2ccccc2)c2ccc(OC)cc2)cc1. The highest BCUT2D eigenvalue weighted by Gasteiger charge is 2.58. The smallest absolute Gasteiger partial charge is 0.347 e. The highest BCUT2D eigenvalue weighted by Crippen LogP contribution is 2.64. The van der Waals surface area contributed by atoms with Crippen LogP contribution in [0.3, 0.4) is 0 Å². The Morgan fingerprint density at radius 1 is 0.842 bits per heavy atom. The molecule has 1 unspecified atom stereocenters. The highest BCUT2D eigenvalue weighted by atomic mass is 31.2. The molecule has 2 N–H and O–H groups in total. The van der Waals surface area contributed by atoms with E-state index < -0.39 is 49.3 Å². The number of nitriles is 2. The van der Waals surface area contributed by atoms with Crippen LogP contribution >= 0.6 is 7.87 Å². The van der Waals surface area contributed by atoms with Crippen LogP contribution in [0.2, 0.25) is 0 Å². The summed E-state index contributed by atoms with van der Waals surface area (Å²) < 4.78 is 41.3. The minimum absolute atomic E-state index is 0.00375. The molecule has 57 heavy (non-hydrogen) atoms. The van der Waals surface area contributed by atoms with Crippen molar-refractivity contribution in [2.45, 2.75) is 82.8 Å². The van der Waals surface area contributed by atoms with Gasteiger partial charge in [-0.3, -0.25) is 14.3 Å². The maximum Gasteiger partial charge on any atom is 0.347 e. The van der Waals surface area contributed by atoms with Gasteiger partial charge in [0, 0.05) is 24.3 Å². The van der Waals surface area contributed by atoms with Crippen LogP contribution in [0.15, 0.2) is 101 Å². The molecule has 0 bridgehead atoms. The van der Waals surface area contributed by atoms with Crippen molar-refractivity contribution in [3.8, 4) is 23.6 Å². The number of aromatic nitrogens is 2. The van der Waals surface area contributed by atoms with Gasteiger partial charge in [0.15, 0.2) is 12.3 Å². The highest BCUT2D eigenvalue weighted by molar-refractivity contribution is 7.63. The standard InChI is InChI=1S/C42H50N5O9P/c1-29(2)47(30(3)4)57(50,27-11-24-44)56-38-36(55-40(39(38)53-26-10-23-43)46-25-22-37(48)45-41(46)49)28-54-42(31-12-8-7-9-13-31,32-14-18-34(51-5)19-15-32)33-16-20-35(52-6)21-17-33/h7-9,12-22,25,29-30,36,38-40,50H,10-11,26-28H2,1-6H3/p+1/t36-,38-,39-,40-,57?/m1/s1. The van der Waals surface area contributed by atoms with E-state index in [9.17, 15) is 25.0 Å². The van der Waals surface area contributed by atoms with Crippen molar-refractivity contribution < 1.29 is 33.1 Å². The van der Waals surface area contributed by atoms with Gasteiger partial charge >= 0.3 is 13.6 Å². The Bertz CT molecular complexity index is 2040. The van der Waals surface area contributed by atoms with Gasteiger partial charge in [0.1, 0.15) is 35.5 Å². The molecule has 302 valence electrons. The molecule has 15 heteroatoms. The number of nitrogens with zero attached hydrogens (tertiary/aromatic N) is 4. The second kappa shape index (κ2) is 19.5. The number of nitrogens with one attached hydrogen (secondary N) is 1. The first-order valence-corrected chi connectivity index (χ1v) is 20.6. The average molecular weight is 801 g/mol. The molecule has 2 heterocycles. The van der Waals surface area contributed by atoms with Crippen LogP contribution in [0.1, 0.15) is 63.5 Å². The zero-order valence-electron chi connectivity index (χ0n) is 33.1. The molecule has 4 aromatic rings. The van der Waals surface area contributed by atoms with Crippen LogP contribution in [0.4, 0.5) is 0 Å². The lowest BCUT2D eigenvalue weighted by molar-refractivity contribution is -0.0975. The summed E-state index contributed by atoms with van der Waals surface area (Å²) in [5, 5.41) is 19.2. The van der Waals surface area contributed by atoms with E-state index in [2.05, 4.69) is 17.1 Å². The minimum atomic E-state index is -3.61. The topological polar surface area (TPSA) is 181 Å². The number of aromatic amines is 1. The quantitative estimate of drug-likeness (QED) is 0.0649. The van der Waals surface area contributed by atoms with E-state index in [0.29, 0.717) is 11.5 Å². The largest absolute Gasteiger partial charge is 0.497 e. The van der Waals surface area contributed by atoms with Gasteiger partial charge in [0.05, 0.1) is 52.4 Å². The molecular weight excluding hydrogens is 749 g/mol. The molecule has 0 spiro atoms. The molecule has 0 radical (unpaired) electrons. The number of ether oxygens (including phenoxy) is 5. The van der Waals surface area contributed by atoms with Gasteiger partial charge in [-0.25, -0.2) is 9.69 Å². The second-order valence-corrected chi connectivity index (χ2v) is 16.5. The van der Waals surface area contributed by atoms with Crippen LogP contribution < -0.4 is 20.7 Å². The van der Waals surface area contributed by atoms with Crippen molar-refractivity contribution in [2.24, 2.45) is 0 Å². The molecule has 3 aromatic carbocycles. The number of benzene rings is 3. The van der Waals surface area contributed by atoms with Gasteiger partial charge in [-0.05, 0) is 68.7 Å². The van der Waals surface area contributed by atoms with E-state index in [1.54, 1.807) is 14.2 Å². The predicted octanol–water partition coefficient (Wildman–Crippen LogP) is 5.93. The Labute approximate surface area is 333 Å². The molecule has 1 aliphatic heterocycles. The molecular formula is C42H51N5O9P+. The maximum absolute atomic E-state index is 13.3. The molecule has 1 aliphatic rings. The van der Waals surface area contributed by atoms with Gasteiger partial charge in [0.2, 0.25) is 0 Å². The first-order valence-electron chi connectivity index (χ1n) is 18.8. The third kappa shape index (κ3) is 9.63. The monoisotopic (exact) mass is 800 g/mol. The molecule has 14 nitrogen and oxygen atoms in total. The third-order valence-electron chi connectivity index (χ3n) is 9.80. The van der Waals surface area contributed by atoms with Crippen molar-refractivity contribution in [2.75, 3.05) is 33.6 Å². The van der Waals surface area contributed by atoms with Crippen molar-refractivity contribution >= 4 is 7.87 Å². The normalized spacial score (nSPS) is 19.3. The number of methoxy groups -OCH3 is 2. The van der Waals surface area contributed by atoms with Crippen LogP contribution in [0, 0.1) is 22.7 Å². The number of hydrogen-bond donors (Lipinski definition) is 2. The lowest BCUT2D eigenvalue weighted by Crippen LogP contribution is -2.46. The zero-order chi connectivity index (χ0) is 41.2. The molecule has 1 saturated heterocycles. The van der Waals surface area contributed by atoms with E-state index in [0.717, 1.165) is 16.7 Å². The van der Waals surface area contributed by atoms with E-state index in [1.165, 1.54) is 16.8 Å². The summed E-state index contributed by atoms with van der Waals surface area (Å²) in [6.07, 6.45) is -3.05. The fourth-order valence-corrected chi connectivity index (χ4v) is 10.4. The predicted molar refractivity (Wildman–Crippen MR) is 215 cm³/mol. The van der Waals surface area contributed by atoms with Crippen LogP contribution in [-0.4, -0.2) is 83.1 Å². The second-order valence-electron chi connectivity index (χ2n) is 14.1.